The van der Waals surface area contributed by atoms with Crippen LogP contribution in [-0.4, -0.2) is 28.1 Å². The summed E-state index contributed by atoms with van der Waals surface area (Å²) < 4.78 is 40.2. The summed E-state index contributed by atoms with van der Waals surface area (Å²) in [5, 5.41) is 3.22. The average Bonchev–Trinajstić information content (AvgIpc) is 2.37. The summed E-state index contributed by atoms with van der Waals surface area (Å²) in [5.41, 5.74) is 0.702. The first-order chi connectivity index (χ1) is 8.99. The molecule has 1 aromatic carbocycles. The van der Waals surface area contributed by atoms with Gasteiger partial charge in [0.25, 0.3) is 0 Å². The molecule has 1 heterocycles. The number of piperidine rings is 1. The molecule has 1 aliphatic heterocycles. The zero-order valence-electron chi connectivity index (χ0n) is 11.4. The topological polar surface area (TPSA) is 58.2 Å². The second-order valence-electron chi connectivity index (χ2n) is 5.00. The Hall–Kier alpha value is -0.690. The summed E-state index contributed by atoms with van der Waals surface area (Å²) in [4.78, 5) is -0.276. The predicted octanol–water partition coefficient (Wildman–Crippen LogP) is 1.83. The minimum atomic E-state index is -3.76. The summed E-state index contributed by atoms with van der Waals surface area (Å²) >= 11 is 0. The molecule has 114 valence electrons. The molecule has 1 aliphatic rings. The van der Waals surface area contributed by atoms with Crippen molar-refractivity contribution in [3.05, 3.63) is 29.6 Å². The Labute approximate surface area is 125 Å². The third kappa shape index (κ3) is 4.41. The normalized spacial score (nSPS) is 19.4. The maximum Gasteiger partial charge on any atom is 0.243 e. The van der Waals surface area contributed by atoms with Crippen molar-refractivity contribution in [2.45, 2.75) is 24.7 Å². The van der Waals surface area contributed by atoms with Gasteiger partial charge >= 0.3 is 0 Å². The van der Waals surface area contributed by atoms with E-state index in [1.165, 1.54) is 12.1 Å². The van der Waals surface area contributed by atoms with Crippen molar-refractivity contribution in [2.24, 2.45) is 5.92 Å². The highest BCUT2D eigenvalue weighted by Gasteiger charge is 2.21. The highest BCUT2D eigenvalue weighted by molar-refractivity contribution is 7.89. The molecule has 0 aliphatic carbocycles. The highest BCUT2D eigenvalue weighted by atomic mass is 35.5. The summed E-state index contributed by atoms with van der Waals surface area (Å²) in [6, 6.07) is 4.14. The predicted molar refractivity (Wildman–Crippen MR) is 79.2 cm³/mol. The lowest BCUT2D eigenvalue weighted by Gasteiger charge is -2.22. The van der Waals surface area contributed by atoms with Gasteiger partial charge in [0.05, 0.1) is 0 Å². The van der Waals surface area contributed by atoms with Crippen LogP contribution in [0.25, 0.3) is 0 Å². The van der Waals surface area contributed by atoms with Gasteiger partial charge in [0.2, 0.25) is 10.0 Å². The van der Waals surface area contributed by atoms with Crippen molar-refractivity contribution in [2.75, 3.05) is 19.6 Å². The standard InChI is InChI=1S/C13H19FN2O2S.ClH/c1-10-4-5-13(12(14)7-10)19(17,18)16-9-11-3-2-6-15-8-11;/h4-5,7,11,15-16H,2-3,6,8-9H2,1H3;1H. The Morgan fingerprint density at radius 3 is 2.80 bits per heavy atom. The van der Waals surface area contributed by atoms with Crippen molar-refractivity contribution in [1.29, 1.82) is 0 Å². The lowest BCUT2D eigenvalue weighted by atomic mass is 10.0. The van der Waals surface area contributed by atoms with E-state index in [0.29, 0.717) is 12.1 Å². The molecular weight excluding hydrogens is 303 g/mol. The molecule has 0 bridgehead atoms. The van der Waals surface area contributed by atoms with Gasteiger partial charge in [-0.25, -0.2) is 17.5 Å². The maximum atomic E-state index is 13.7. The minimum absolute atomic E-state index is 0. The van der Waals surface area contributed by atoms with Crippen LogP contribution in [0.2, 0.25) is 0 Å². The van der Waals surface area contributed by atoms with Gasteiger partial charge in [0.15, 0.2) is 0 Å². The SMILES string of the molecule is Cc1ccc(S(=O)(=O)NCC2CCCNC2)c(F)c1.Cl. The van der Waals surface area contributed by atoms with Crippen LogP contribution in [0.15, 0.2) is 23.1 Å². The van der Waals surface area contributed by atoms with E-state index in [2.05, 4.69) is 10.0 Å². The Morgan fingerprint density at radius 1 is 1.45 bits per heavy atom. The van der Waals surface area contributed by atoms with Crippen LogP contribution in [0.4, 0.5) is 4.39 Å². The van der Waals surface area contributed by atoms with Gasteiger partial charge in [-0.2, -0.15) is 0 Å². The minimum Gasteiger partial charge on any atom is -0.316 e. The van der Waals surface area contributed by atoms with Crippen LogP contribution in [-0.2, 0) is 10.0 Å². The molecule has 1 aromatic rings. The van der Waals surface area contributed by atoms with Gasteiger partial charge in [-0.05, 0) is 56.5 Å². The fraction of sp³-hybridized carbons (Fsp3) is 0.538. The van der Waals surface area contributed by atoms with E-state index in [-0.39, 0.29) is 23.2 Å². The molecule has 1 saturated heterocycles. The zero-order valence-corrected chi connectivity index (χ0v) is 13.0. The van der Waals surface area contributed by atoms with Gasteiger partial charge in [-0.3, -0.25) is 0 Å². The van der Waals surface area contributed by atoms with Crippen LogP contribution in [0.3, 0.4) is 0 Å². The van der Waals surface area contributed by atoms with Crippen molar-refractivity contribution in [3.63, 3.8) is 0 Å². The van der Waals surface area contributed by atoms with E-state index < -0.39 is 15.8 Å². The number of aryl methyl sites for hydroxylation is 1. The summed E-state index contributed by atoms with van der Waals surface area (Å²) in [7, 11) is -3.76. The van der Waals surface area contributed by atoms with E-state index >= 15 is 0 Å². The molecule has 4 nitrogen and oxygen atoms in total. The van der Waals surface area contributed by atoms with E-state index in [4.69, 9.17) is 0 Å². The van der Waals surface area contributed by atoms with Crippen LogP contribution in [0, 0.1) is 18.7 Å². The van der Waals surface area contributed by atoms with Crippen LogP contribution in [0.1, 0.15) is 18.4 Å². The van der Waals surface area contributed by atoms with Gasteiger partial charge < -0.3 is 5.32 Å². The first-order valence-electron chi connectivity index (χ1n) is 6.45. The fourth-order valence-electron chi connectivity index (χ4n) is 2.23. The average molecular weight is 323 g/mol. The summed E-state index contributed by atoms with van der Waals surface area (Å²) in [6.45, 7) is 3.86. The third-order valence-corrected chi connectivity index (χ3v) is 4.79. The van der Waals surface area contributed by atoms with Crippen molar-refractivity contribution in [3.8, 4) is 0 Å². The Morgan fingerprint density at radius 2 is 2.20 bits per heavy atom. The largest absolute Gasteiger partial charge is 0.316 e. The number of benzene rings is 1. The Bertz CT molecular complexity index is 545. The lowest BCUT2D eigenvalue weighted by molar-refractivity contribution is 0.375. The highest BCUT2D eigenvalue weighted by Crippen LogP contribution is 2.16. The van der Waals surface area contributed by atoms with E-state index in [1.54, 1.807) is 13.0 Å². The van der Waals surface area contributed by atoms with Crippen LogP contribution < -0.4 is 10.0 Å². The summed E-state index contributed by atoms with van der Waals surface area (Å²) in [6.07, 6.45) is 2.04. The van der Waals surface area contributed by atoms with Gasteiger partial charge in [-0.15, -0.1) is 12.4 Å². The number of hydrogen-bond acceptors (Lipinski definition) is 3. The number of nitrogens with one attached hydrogen (secondary N) is 2. The number of sulfonamides is 1. The van der Waals surface area contributed by atoms with Gasteiger partial charge in [-0.1, -0.05) is 6.07 Å². The van der Waals surface area contributed by atoms with Crippen molar-refractivity contribution >= 4 is 22.4 Å². The molecule has 7 heteroatoms. The zero-order chi connectivity index (χ0) is 13.9. The number of hydrogen-bond donors (Lipinski definition) is 2. The molecule has 1 fully saturated rings. The molecule has 20 heavy (non-hydrogen) atoms. The molecule has 2 rings (SSSR count). The van der Waals surface area contributed by atoms with Crippen LogP contribution >= 0.6 is 12.4 Å². The van der Waals surface area contributed by atoms with Crippen LogP contribution in [0.5, 0.6) is 0 Å². The smallest absolute Gasteiger partial charge is 0.243 e. The number of halogens is 2. The molecule has 1 atom stereocenters. The molecule has 2 N–H and O–H groups in total. The second kappa shape index (κ2) is 7.36. The quantitative estimate of drug-likeness (QED) is 0.889. The molecular formula is C13H20ClFN2O2S. The fourth-order valence-corrected chi connectivity index (χ4v) is 3.40. The summed E-state index contributed by atoms with van der Waals surface area (Å²) in [5.74, 6) is -0.425. The second-order valence-corrected chi connectivity index (χ2v) is 6.73. The monoisotopic (exact) mass is 322 g/mol. The molecule has 0 aromatic heterocycles. The molecule has 0 radical (unpaired) electrons. The van der Waals surface area contributed by atoms with E-state index in [9.17, 15) is 12.8 Å². The third-order valence-electron chi connectivity index (χ3n) is 3.34. The molecule has 0 spiro atoms. The maximum absolute atomic E-state index is 13.7. The van der Waals surface area contributed by atoms with E-state index in [0.717, 1.165) is 25.9 Å². The molecule has 0 saturated carbocycles. The number of rotatable bonds is 4. The first-order valence-corrected chi connectivity index (χ1v) is 7.94. The Kier molecular flexibility index (Phi) is 6.39. The van der Waals surface area contributed by atoms with Gasteiger partial charge in [0, 0.05) is 6.54 Å². The van der Waals surface area contributed by atoms with Gasteiger partial charge in [0.1, 0.15) is 10.7 Å². The Balaban J connectivity index is 0.00000200. The molecule has 0 amide bonds. The molecule has 1 unspecified atom stereocenters. The van der Waals surface area contributed by atoms with Crippen molar-refractivity contribution in [1.82, 2.24) is 10.0 Å². The lowest BCUT2D eigenvalue weighted by Crippen LogP contribution is -2.38. The first kappa shape index (κ1) is 17.4. The van der Waals surface area contributed by atoms with Crippen molar-refractivity contribution < 1.29 is 12.8 Å². The van der Waals surface area contributed by atoms with E-state index in [1.807, 2.05) is 0 Å².